The molecule has 1 heterocycles. The molecule has 0 saturated carbocycles. The van der Waals surface area contributed by atoms with Gasteiger partial charge in [0.05, 0.1) is 25.1 Å². The second-order valence-electron chi connectivity index (χ2n) is 5.39. The Labute approximate surface area is 121 Å². The summed E-state index contributed by atoms with van der Waals surface area (Å²) in [6, 6.07) is 0. The van der Waals surface area contributed by atoms with Crippen molar-refractivity contribution in [1.29, 1.82) is 0 Å². The maximum atomic E-state index is 11.3. The van der Waals surface area contributed by atoms with Crippen molar-refractivity contribution in [2.45, 2.75) is 52.1 Å². The Morgan fingerprint density at radius 3 is 2.47 bits per heavy atom. The van der Waals surface area contributed by atoms with Crippen LogP contribution in [0.2, 0.25) is 0 Å². The zero-order chi connectivity index (χ0) is 14.4. The molecule has 1 fully saturated rings. The number of halogens is 1. The van der Waals surface area contributed by atoms with Crippen LogP contribution in [0.5, 0.6) is 0 Å². The Kier molecular flexibility index (Phi) is 7.08. The highest BCUT2D eigenvalue weighted by Crippen LogP contribution is 2.30. The highest BCUT2D eigenvalue weighted by molar-refractivity contribution is 8.13. The lowest BCUT2D eigenvalue weighted by atomic mass is 9.85. The van der Waals surface area contributed by atoms with Crippen molar-refractivity contribution in [2.24, 2.45) is 5.41 Å². The van der Waals surface area contributed by atoms with Gasteiger partial charge in [-0.25, -0.2) is 8.42 Å². The molecule has 0 aromatic rings. The second kappa shape index (κ2) is 7.81. The molecule has 0 aromatic heterocycles. The van der Waals surface area contributed by atoms with Crippen molar-refractivity contribution < 1.29 is 17.9 Å². The fourth-order valence-electron chi connectivity index (χ4n) is 2.41. The van der Waals surface area contributed by atoms with Crippen LogP contribution >= 0.6 is 10.7 Å². The average Bonchev–Trinajstić information content (AvgIpc) is 2.37. The van der Waals surface area contributed by atoms with Gasteiger partial charge in [0.2, 0.25) is 9.05 Å². The van der Waals surface area contributed by atoms with Crippen molar-refractivity contribution in [3.05, 3.63) is 0 Å². The third kappa shape index (κ3) is 6.43. The molecule has 1 aliphatic heterocycles. The smallest absolute Gasteiger partial charge is 0.233 e. The Morgan fingerprint density at radius 1 is 1.32 bits per heavy atom. The number of hydrogen-bond donors (Lipinski definition) is 0. The van der Waals surface area contributed by atoms with Crippen molar-refractivity contribution in [3.8, 4) is 0 Å². The summed E-state index contributed by atoms with van der Waals surface area (Å²) in [6.07, 6.45) is 4.96. The fourth-order valence-corrected chi connectivity index (χ4v) is 4.33. The van der Waals surface area contributed by atoms with Gasteiger partial charge < -0.3 is 9.47 Å². The number of hydrogen-bond acceptors (Lipinski definition) is 4. The summed E-state index contributed by atoms with van der Waals surface area (Å²) in [5, 5.41) is 0. The van der Waals surface area contributed by atoms with Gasteiger partial charge in [0, 0.05) is 22.7 Å². The Hall–Kier alpha value is 0.160. The van der Waals surface area contributed by atoms with Crippen LogP contribution < -0.4 is 0 Å². The molecule has 114 valence electrons. The Bertz CT molecular complexity index is 346. The SMILES string of the molecule is CCC(CC)(COCC1CCCCO1)CS(=O)(=O)Cl. The first kappa shape index (κ1) is 17.2. The second-order valence-corrected chi connectivity index (χ2v) is 8.17. The highest BCUT2D eigenvalue weighted by Gasteiger charge is 2.32. The van der Waals surface area contributed by atoms with E-state index in [4.69, 9.17) is 20.2 Å². The third-order valence-electron chi connectivity index (χ3n) is 3.96. The van der Waals surface area contributed by atoms with Crippen LogP contribution in [0.25, 0.3) is 0 Å². The van der Waals surface area contributed by atoms with Crippen molar-refractivity contribution in [3.63, 3.8) is 0 Å². The number of rotatable bonds is 8. The molecule has 1 saturated heterocycles. The molecule has 6 heteroatoms. The first-order valence-corrected chi connectivity index (χ1v) is 9.50. The minimum absolute atomic E-state index is 0.0277. The average molecular weight is 313 g/mol. The van der Waals surface area contributed by atoms with E-state index in [9.17, 15) is 8.42 Å². The molecule has 1 atom stereocenters. The van der Waals surface area contributed by atoms with Crippen molar-refractivity contribution in [1.82, 2.24) is 0 Å². The Morgan fingerprint density at radius 2 is 2.00 bits per heavy atom. The van der Waals surface area contributed by atoms with E-state index < -0.39 is 9.05 Å². The van der Waals surface area contributed by atoms with Crippen molar-refractivity contribution >= 4 is 19.7 Å². The molecule has 19 heavy (non-hydrogen) atoms. The largest absolute Gasteiger partial charge is 0.378 e. The van der Waals surface area contributed by atoms with E-state index in [1.807, 2.05) is 13.8 Å². The summed E-state index contributed by atoms with van der Waals surface area (Å²) in [5.74, 6) is -0.0277. The van der Waals surface area contributed by atoms with Gasteiger partial charge in [0.25, 0.3) is 0 Å². The van der Waals surface area contributed by atoms with Gasteiger partial charge >= 0.3 is 0 Å². The molecule has 0 bridgehead atoms. The molecular formula is C13H25ClO4S. The topological polar surface area (TPSA) is 52.6 Å². The van der Waals surface area contributed by atoms with Gasteiger partial charge in [-0.2, -0.15) is 0 Å². The third-order valence-corrected chi connectivity index (χ3v) is 5.25. The molecule has 0 radical (unpaired) electrons. The maximum absolute atomic E-state index is 11.3. The van der Waals surface area contributed by atoms with Gasteiger partial charge in [-0.1, -0.05) is 13.8 Å². The predicted octanol–water partition coefficient (Wildman–Crippen LogP) is 2.95. The van der Waals surface area contributed by atoms with Crippen molar-refractivity contribution in [2.75, 3.05) is 25.6 Å². The van der Waals surface area contributed by atoms with Gasteiger partial charge in [0.1, 0.15) is 0 Å². The van der Waals surface area contributed by atoms with E-state index in [2.05, 4.69) is 0 Å². The fraction of sp³-hybridized carbons (Fsp3) is 1.00. The minimum Gasteiger partial charge on any atom is -0.378 e. The van der Waals surface area contributed by atoms with E-state index in [1.54, 1.807) is 0 Å². The molecule has 0 N–H and O–H groups in total. The maximum Gasteiger partial charge on any atom is 0.233 e. The zero-order valence-corrected chi connectivity index (χ0v) is 13.4. The van der Waals surface area contributed by atoms with E-state index in [0.29, 0.717) is 13.2 Å². The summed E-state index contributed by atoms with van der Waals surface area (Å²) >= 11 is 0. The summed E-state index contributed by atoms with van der Waals surface area (Å²) in [4.78, 5) is 0. The van der Waals surface area contributed by atoms with E-state index >= 15 is 0 Å². The molecule has 1 unspecified atom stereocenters. The summed E-state index contributed by atoms with van der Waals surface area (Å²) < 4.78 is 33.9. The lowest BCUT2D eigenvalue weighted by Crippen LogP contribution is -2.34. The normalized spacial score (nSPS) is 21.5. The highest BCUT2D eigenvalue weighted by atomic mass is 35.7. The van der Waals surface area contributed by atoms with Crippen LogP contribution in [0.3, 0.4) is 0 Å². The molecule has 0 aromatic carbocycles. The van der Waals surface area contributed by atoms with E-state index in [-0.39, 0.29) is 17.3 Å². The predicted molar refractivity (Wildman–Crippen MR) is 77.1 cm³/mol. The van der Waals surface area contributed by atoms with Crippen LogP contribution in [0.1, 0.15) is 46.0 Å². The zero-order valence-electron chi connectivity index (χ0n) is 11.9. The van der Waals surface area contributed by atoms with E-state index in [1.165, 1.54) is 6.42 Å². The van der Waals surface area contributed by atoms with Gasteiger partial charge in [-0.15, -0.1) is 0 Å². The first-order chi connectivity index (χ1) is 8.91. The van der Waals surface area contributed by atoms with Crippen LogP contribution in [-0.4, -0.2) is 40.1 Å². The summed E-state index contributed by atoms with van der Waals surface area (Å²) in [7, 11) is 1.89. The first-order valence-electron chi connectivity index (χ1n) is 7.02. The molecule has 0 spiro atoms. The van der Waals surface area contributed by atoms with E-state index in [0.717, 1.165) is 32.3 Å². The molecule has 0 aliphatic carbocycles. The summed E-state index contributed by atoms with van der Waals surface area (Å²) in [5.41, 5.74) is -0.380. The molecule has 1 aliphatic rings. The lowest BCUT2D eigenvalue weighted by molar-refractivity contribution is -0.0573. The molecule has 0 amide bonds. The minimum atomic E-state index is -3.50. The van der Waals surface area contributed by atoms with Crippen LogP contribution in [0.15, 0.2) is 0 Å². The quantitative estimate of drug-likeness (QED) is 0.647. The molecule has 1 rings (SSSR count). The van der Waals surface area contributed by atoms with Crippen LogP contribution in [-0.2, 0) is 18.5 Å². The van der Waals surface area contributed by atoms with Gasteiger partial charge in [0.15, 0.2) is 0 Å². The molecular weight excluding hydrogens is 288 g/mol. The van der Waals surface area contributed by atoms with Crippen LogP contribution in [0, 0.1) is 5.41 Å². The van der Waals surface area contributed by atoms with Gasteiger partial charge in [-0.3, -0.25) is 0 Å². The van der Waals surface area contributed by atoms with Crippen LogP contribution in [0.4, 0.5) is 0 Å². The lowest BCUT2D eigenvalue weighted by Gasteiger charge is -2.31. The monoisotopic (exact) mass is 312 g/mol. The Balaban J connectivity index is 2.44. The standard InChI is InChI=1S/C13H25ClO4S/c1-3-13(4-2,11-19(14,15)16)10-17-9-12-7-5-6-8-18-12/h12H,3-11H2,1-2H3. The van der Waals surface area contributed by atoms with Gasteiger partial charge in [-0.05, 0) is 32.1 Å². The number of ether oxygens (including phenoxy) is 2. The summed E-state index contributed by atoms with van der Waals surface area (Å²) in [6.45, 7) is 5.73. The molecule has 4 nitrogen and oxygen atoms in total.